The first-order valence-corrected chi connectivity index (χ1v) is 13.3. The lowest BCUT2D eigenvalue weighted by molar-refractivity contribution is -0.115. The van der Waals surface area contributed by atoms with E-state index in [1.807, 2.05) is 18.2 Å². The third-order valence-electron chi connectivity index (χ3n) is 5.10. The Hall–Kier alpha value is -2.31. The van der Waals surface area contributed by atoms with Gasteiger partial charge < -0.3 is 29.6 Å². The van der Waals surface area contributed by atoms with Crippen molar-refractivity contribution in [3.05, 3.63) is 54.9 Å². The molecule has 0 radical (unpaired) electrons. The summed E-state index contributed by atoms with van der Waals surface area (Å²) in [5.74, 6) is 0.883. The van der Waals surface area contributed by atoms with E-state index in [1.165, 1.54) is 12.0 Å². The van der Waals surface area contributed by atoms with E-state index in [4.69, 9.17) is 9.47 Å². The van der Waals surface area contributed by atoms with E-state index in [0.717, 1.165) is 24.5 Å². The zero-order chi connectivity index (χ0) is 26.7. The predicted octanol–water partition coefficient (Wildman–Crippen LogP) is 5.18. The SMILES string of the molecule is COC(=O)N(C)CCCOc1c(Br)cc(CCNC(=O)/C(Cc2ccc(OC)c(Br)c2)=N/O)cc1Br. The number of nitrogens with one attached hydrogen (secondary N) is 1. The van der Waals surface area contributed by atoms with Gasteiger partial charge in [-0.25, -0.2) is 4.79 Å². The van der Waals surface area contributed by atoms with Crippen LogP contribution in [0.1, 0.15) is 17.5 Å². The van der Waals surface area contributed by atoms with E-state index in [9.17, 15) is 14.8 Å². The fourth-order valence-corrected chi connectivity index (χ4v) is 5.31. The molecular weight excluding hydrogens is 666 g/mol. The third kappa shape index (κ3) is 8.97. The second-order valence-electron chi connectivity index (χ2n) is 7.68. The Balaban J connectivity index is 1.86. The molecule has 0 atom stereocenters. The number of ether oxygens (including phenoxy) is 3. The van der Waals surface area contributed by atoms with E-state index < -0.39 is 5.91 Å². The van der Waals surface area contributed by atoms with Crippen LogP contribution in [0.15, 0.2) is 48.9 Å². The van der Waals surface area contributed by atoms with Gasteiger partial charge in [0, 0.05) is 26.6 Å². The van der Waals surface area contributed by atoms with Crippen LogP contribution in [-0.2, 0) is 22.4 Å². The van der Waals surface area contributed by atoms with Gasteiger partial charge in [0.1, 0.15) is 17.2 Å². The quantitative estimate of drug-likeness (QED) is 0.137. The molecule has 0 saturated carbocycles. The number of methoxy groups -OCH3 is 2. The molecule has 0 unspecified atom stereocenters. The van der Waals surface area contributed by atoms with E-state index in [0.29, 0.717) is 44.0 Å². The lowest BCUT2D eigenvalue weighted by Gasteiger charge is -2.16. The molecular formula is C24H28Br3N3O6. The molecule has 2 amide bonds. The number of nitrogens with zero attached hydrogens (tertiary/aromatic N) is 2. The molecule has 0 fully saturated rings. The Morgan fingerprint density at radius 3 is 2.31 bits per heavy atom. The molecule has 9 nitrogen and oxygen atoms in total. The summed E-state index contributed by atoms with van der Waals surface area (Å²) in [5, 5.41) is 15.3. The molecule has 0 aliphatic carbocycles. The van der Waals surface area contributed by atoms with Gasteiger partial charge in [0.15, 0.2) is 0 Å². The van der Waals surface area contributed by atoms with Gasteiger partial charge in [-0.05, 0) is 96.0 Å². The zero-order valence-corrected chi connectivity index (χ0v) is 24.9. The van der Waals surface area contributed by atoms with Gasteiger partial charge in [-0.3, -0.25) is 4.79 Å². The topological polar surface area (TPSA) is 110 Å². The second-order valence-corrected chi connectivity index (χ2v) is 10.2. The first kappa shape index (κ1) is 29.9. The van der Waals surface area contributed by atoms with Crippen molar-refractivity contribution in [1.82, 2.24) is 10.2 Å². The van der Waals surface area contributed by atoms with Crippen LogP contribution in [0, 0.1) is 0 Å². The first-order valence-electron chi connectivity index (χ1n) is 10.9. The molecule has 0 spiro atoms. The molecule has 2 aromatic carbocycles. The molecule has 0 saturated heterocycles. The highest BCUT2D eigenvalue weighted by Gasteiger charge is 2.15. The molecule has 0 aliphatic rings. The Bertz CT molecular complexity index is 1070. The summed E-state index contributed by atoms with van der Waals surface area (Å²) in [4.78, 5) is 25.4. The summed E-state index contributed by atoms with van der Waals surface area (Å²) in [6.07, 6.45) is 0.976. The Morgan fingerprint density at radius 2 is 1.72 bits per heavy atom. The third-order valence-corrected chi connectivity index (χ3v) is 6.90. The number of carbonyl (C=O) groups excluding carboxylic acids is 2. The van der Waals surface area contributed by atoms with Crippen molar-refractivity contribution < 1.29 is 29.0 Å². The van der Waals surface area contributed by atoms with Gasteiger partial charge in [-0.2, -0.15) is 0 Å². The van der Waals surface area contributed by atoms with Crippen LogP contribution in [0.25, 0.3) is 0 Å². The number of halogens is 3. The molecule has 12 heteroatoms. The van der Waals surface area contributed by atoms with Crippen molar-refractivity contribution in [2.45, 2.75) is 19.3 Å². The van der Waals surface area contributed by atoms with Gasteiger partial charge >= 0.3 is 6.09 Å². The Morgan fingerprint density at radius 1 is 1.06 bits per heavy atom. The minimum atomic E-state index is -0.445. The van der Waals surface area contributed by atoms with Crippen LogP contribution in [0.4, 0.5) is 4.79 Å². The molecule has 0 aliphatic heterocycles. The minimum absolute atomic E-state index is 0.0102. The van der Waals surface area contributed by atoms with Gasteiger partial charge in [-0.1, -0.05) is 11.2 Å². The predicted molar refractivity (Wildman–Crippen MR) is 147 cm³/mol. The van der Waals surface area contributed by atoms with Crippen LogP contribution in [-0.4, -0.2) is 68.8 Å². The van der Waals surface area contributed by atoms with Gasteiger partial charge in [0.25, 0.3) is 5.91 Å². The maximum absolute atomic E-state index is 12.5. The molecule has 0 bridgehead atoms. The summed E-state index contributed by atoms with van der Waals surface area (Å²) in [6.45, 7) is 1.28. The van der Waals surface area contributed by atoms with E-state index in [-0.39, 0.29) is 18.2 Å². The zero-order valence-electron chi connectivity index (χ0n) is 20.1. The van der Waals surface area contributed by atoms with Crippen LogP contribution in [0.5, 0.6) is 11.5 Å². The number of carbonyl (C=O) groups is 2. The van der Waals surface area contributed by atoms with Crippen molar-refractivity contribution in [2.24, 2.45) is 5.16 Å². The highest BCUT2D eigenvalue weighted by Crippen LogP contribution is 2.35. The molecule has 2 aromatic rings. The van der Waals surface area contributed by atoms with E-state index in [1.54, 1.807) is 26.3 Å². The summed E-state index contributed by atoms with van der Waals surface area (Å²) in [7, 11) is 4.58. The molecule has 0 aromatic heterocycles. The van der Waals surface area contributed by atoms with Crippen LogP contribution >= 0.6 is 47.8 Å². The van der Waals surface area contributed by atoms with Crippen LogP contribution in [0.3, 0.4) is 0 Å². The average molecular weight is 694 g/mol. The van der Waals surface area contributed by atoms with Crippen molar-refractivity contribution in [1.29, 1.82) is 0 Å². The molecule has 196 valence electrons. The van der Waals surface area contributed by atoms with Crippen molar-refractivity contribution in [3.8, 4) is 11.5 Å². The largest absolute Gasteiger partial charge is 0.496 e. The fraction of sp³-hybridized carbons (Fsp3) is 0.375. The fourth-order valence-electron chi connectivity index (χ4n) is 3.21. The molecule has 36 heavy (non-hydrogen) atoms. The normalized spacial score (nSPS) is 11.1. The van der Waals surface area contributed by atoms with Crippen molar-refractivity contribution in [2.75, 3.05) is 41.0 Å². The number of rotatable bonds is 12. The van der Waals surface area contributed by atoms with E-state index in [2.05, 4.69) is 63.0 Å². The Kier molecular flexibility index (Phi) is 12.5. The lowest BCUT2D eigenvalue weighted by atomic mass is 10.1. The highest BCUT2D eigenvalue weighted by atomic mass is 79.9. The lowest BCUT2D eigenvalue weighted by Crippen LogP contribution is -2.33. The number of benzene rings is 2. The van der Waals surface area contributed by atoms with Gasteiger partial charge in [-0.15, -0.1) is 0 Å². The van der Waals surface area contributed by atoms with Crippen molar-refractivity contribution >= 4 is 65.5 Å². The monoisotopic (exact) mass is 691 g/mol. The number of hydrogen-bond acceptors (Lipinski definition) is 7. The second kappa shape index (κ2) is 15.1. The van der Waals surface area contributed by atoms with Crippen LogP contribution in [0.2, 0.25) is 0 Å². The highest BCUT2D eigenvalue weighted by molar-refractivity contribution is 9.11. The summed E-state index contributed by atoms with van der Waals surface area (Å²) in [6, 6.07) is 9.23. The molecule has 0 heterocycles. The number of hydrogen-bond donors (Lipinski definition) is 2. The van der Waals surface area contributed by atoms with Crippen molar-refractivity contribution in [3.63, 3.8) is 0 Å². The smallest absolute Gasteiger partial charge is 0.409 e. The molecule has 2 rings (SSSR count). The average Bonchev–Trinajstić information content (AvgIpc) is 2.85. The maximum Gasteiger partial charge on any atom is 0.409 e. The summed E-state index contributed by atoms with van der Waals surface area (Å²) >= 11 is 10.5. The van der Waals surface area contributed by atoms with Gasteiger partial charge in [0.2, 0.25) is 0 Å². The minimum Gasteiger partial charge on any atom is -0.496 e. The molecule has 2 N–H and O–H groups in total. The van der Waals surface area contributed by atoms with Gasteiger partial charge in [0.05, 0.1) is 34.2 Å². The Labute approximate surface area is 235 Å². The summed E-state index contributed by atoms with van der Waals surface area (Å²) < 4.78 is 18.0. The van der Waals surface area contributed by atoms with E-state index >= 15 is 0 Å². The van der Waals surface area contributed by atoms with Crippen LogP contribution < -0.4 is 14.8 Å². The standard InChI is InChI=1S/C24H28Br3N3O6/c1-30(24(32)35-3)9-4-10-36-22-18(26)12-16(13-19(22)27)7-8-28-23(31)20(29-33)14-15-5-6-21(34-2)17(25)11-15/h5-6,11-13,33H,4,7-10,14H2,1-3H3,(H,28,31)/b29-20+. The maximum atomic E-state index is 12.5. The number of oxime groups is 1. The summed E-state index contributed by atoms with van der Waals surface area (Å²) in [5.41, 5.74) is 1.77. The first-order chi connectivity index (χ1) is 17.2. The number of amides is 2.